The van der Waals surface area contributed by atoms with E-state index in [1.54, 1.807) is 6.33 Å². The highest BCUT2D eigenvalue weighted by molar-refractivity contribution is 6.15. The van der Waals surface area contributed by atoms with Crippen LogP contribution in [0.15, 0.2) is 55.0 Å². The van der Waals surface area contributed by atoms with Crippen LogP contribution >= 0.6 is 0 Å². The molecule has 0 bridgehead atoms. The van der Waals surface area contributed by atoms with Gasteiger partial charge in [0.15, 0.2) is 0 Å². The molecule has 4 rings (SSSR count). The lowest BCUT2D eigenvalue weighted by Crippen LogP contribution is -1.91. The van der Waals surface area contributed by atoms with Gasteiger partial charge in [0.25, 0.3) is 0 Å². The minimum atomic E-state index is 0.756. The number of rotatable bonds is 0. The molecule has 1 heterocycles. The number of nitrogens with two attached hydrogens (primary N) is 1. The standard InChI is InChI=1S/C16H11N3/c17-15-7-16-14(8-18-9-19-16)12-5-10-3-1-2-4-11(10)6-13(12)15/h1-9H,17H2. The van der Waals surface area contributed by atoms with E-state index in [9.17, 15) is 0 Å². The van der Waals surface area contributed by atoms with Crippen molar-refractivity contribution in [2.24, 2.45) is 0 Å². The highest BCUT2D eigenvalue weighted by Crippen LogP contribution is 2.32. The largest absolute Gasteiger partial charge is 0.398 e. The highest BCUT2D eigenvalue weighted by Gasteiger charge is 2.07. The molecule has 3 heteroatoms. The van der Waals surface area contributed by atoms with Crippen LogP contribution in [0.2, 0.25) is 0 Å². The molecule has 0 radical (unpaired) electrons. The van der Waals surface area contributed by atoms with Crippen molar-refractivity contribution in [2.75, 3.05) is 5.73 Å². The maximum atomic E-state index is 6.15. The van der Waals surface area contributed by atoms with Gasteiger partial charge in [0.2, 0.25) is 0 Å². The second-order valence-corrected chi connectivity index (χ2v) is 4.67. The Morgan fingerprint density at radius 3 is 2.37 bits per heavy atom. The molecule has 2 N–H and O–H groups in total. The van der Waals surface area contributed by atoms with Gasteiger partial charge < -0.3 is 5.73 Å². The molecule has 90 valence electrons. The van der Waals surface area contributed by atoms with Gasteiger partial charge in [-0.05, 0) is 34.4 Å². The van der Waals surface area contributed by atoms with Crippen LogP contribution in [0.5, 0.6) is 0 Å². The summed E-state index contributed by atoms with van der Waals surface area (Å²) in [6.45, 7) is 0. The predicted octanol–water partition coefficient (Wildman–Crippen LogP) is 3.52. The Hall–Kier alpha value is -2.68. The number of fused-ring (bicyclic) bond motifs is 4. The van der Waals surface area contributed by atoms with Gasteiger partial charge in [-0.15, -0.1) is 0 Å². The molecule has 3 nitrogen and oxygen atoms in total. The van der Waals surface area contributed by atoms with Gasteiger partial charge in [-0.25, -0.2) is 9.97 Å². The molecule has 19 heavy (non-hydrogen) atoms. The minimum Gasteiger partial charge on any atom is -0.398 e. The molecule has 0 amide bonds. The monoisotopic (exact) mass is 245 g/mol. The fourth-order valence-electron chi connectivity index (χ4n) is 2.59. The molecule has 0 saturated heterocycles. The van der Waals surface area contributed by atoms with Crippen LogP contribution in [0.25, 0.3) is 32.4 Å². The second-order valence-electron chi connectivity index (χ2n) is 4.67. The summed E-state index contributed by atoms with van der Waals surface area (Å²) < 4.78 is 0. The Balaban J connectivity index is 2.30. The number of hydrogen-bond acceptors (Lipinski definition) is 3. The molecule has 1 aromatic heterocycles. The molecule has 0 aliphatic heterocycles. The molecule has 3 aromatic carbocycles. The maximum absolute atomic E-state index is 6.15. The van der Waals surface area contributed by atoms with E-state index in [4.69, 9.17) is 5.73 Å². The molecule has 0 fully saturated rings. The Labute approximate surface area is 109 Å². The van der Waals surface area contributed by atoms with E-state index in [-0.39, 0.29) is 0 Å². The van der Waals surface area contributed by atoms with E-state index in [2.05, 4.69) is 34.2 Å². The number of aromatic nitrogens is 2. The first kappa shape index (κ1) is 10.3. The third kappa shape index (κ3) is 1.45. The van der Waals surface area contributed by atoms with Gasteiger partial charge >= 0.3 is 0 Å². The lowest BCUT2D eigenvalue weighted by molar-refractivity contribution is 1.23. The third-order valence-electron chi connectivity index (χ3n) is 3.52. The van der Waals surface area contributed by atoms with Crippen LogP contribution in [0.3, 0.4) is 0 Å². The van der Waals surface area contributed by atoms with Crippen LogP contribution in [-0.2, 0) is 0 Å². The Bertz CT molecular complexity index is 929. The molecule has 0 saturated carbocycles. The number of nitrogens with zero attached hydrogens (tertiary/aromatic N) is 2. The first-order chi connectivity index (χ1) is 9.33. The Kier molecular flexibility index (Phi) is 1.97. The topological polar surface area (TPSA) is 51.8 Å². The quantitative estimate of drug-likeness (QED) is 0.293. The summed E-state index contributed by atoms with van der Waals surface area (Å²) in [5.41, 5.74) is 7.79. The lowest BCUT2D eigenvalue weighted by Gasteiger charge is -2.08. The molecular weight excluding hydrogens is 234 g/mol. The first-order valence-corrected chi connectivity index (χ1v) is 6.13. The zero-order valence-electron chi connectivity index (χ0n) is 10.2. The van der Waals surface area contributed by atoms with E-state index in [0.717, 1.165) is 27.4 Å². The Morgan fingerprint density at radius 2 is 1.58 bits per heavy atom. The van der Waals surface area contributed by atoms with Crippen molar-refractivity contribution < 1.29 is 0 Å². The summed E-state index contributed by atoms with van der Waals surface area (Å²) in [5.74, 6) is 0. The van der Waals surface area contributed by atoms with Crippen LogP contribution < -0.4 is 5.73 Å². The summed E-state index contributed by atoms with van der Waals surface area (Å²) in [7, 11) is 0. The SMILES string of the molecule is Nc1cc2ncncc2c2cc3ccccc3cc12. The van der Waals surface area contributed by atoms with Crippen LogP contribution in [0.4, 0.5) is 5.69 Å². The van der Waals surface area contributed by atoms with Crippen LogP contribution in [-0.4, -0.2) is 9.97 Å². The molecule has 0 aliphatic rings. The summed E-state index contributed by atoms with van der Waals surface area (Å²) in [6.07, 6.45) is 3.40. The summed E-state index contributed by atoms with van der Waals surface area (Å²) in [5, 5.41) is 5.59. The number of hydrogen-bond donors (Lipinski definition) is 1. The fourth-order valence-corrected chi connectivity index (χ4v) is 2.59. The van der Waals surface area contributed by atoms with E-state index in [1.165, 1.54) is 10.8 Å². The highest BCUT2D eigenvalue weighted by atomic mass is 14.8. The van der Waals surface area contributed by atoms with Crippen molar-refractivity contribution in [3.05, 3.63) is 55.0 Å². The van der Waals surface area contributed by atoms with E-state index < -0.39 is 0 Å². The zero-order valence-corrected chi connectivity index (χ0v) is 10.2. The average Bonchev–Trinajstić information content (AvgIpc) is 2.46. The van der Waals surface area contributed by atoms with Gasteiger partial charge in [-0.2, -0.15) is 0 Å². The fraction of sp³-hybridized carbons (Fsp3) is 0. The second kappa shape index (κ2) is 3.65. The normalized spacial score (nSPS) is 11.4. The van der Waals surface area contributed by atoms with Crippen molar-refractivity contribution in [3.63, 3.8) is 0 Å². The molecule has 4 aromatic rings. The predicted molar refractivity (Wildman–Crippen MR) is 79.0 cm³/mol. The summed E-state index contributed by atoms with van der Waals surface area (Å²) in [4.78, 5) is 8.40. The van der Waals surface area contributed by atoms with Crippen molar-refractivity contribution in [2.45, 2.75) is 0 Å². The Morgan fingerprint density at radius 1 is 0.842 bits per heavy atom. The van der Waals surface area contributed by atoms with Crippen molar-refractivity contribution >= 4 is 38.1 Å². The molecular formula is C16H11N3. The van der Waals surface area contributed by atoms with Crippen molar-refractivity contribution in [1.29, 1.82) is 0 Å². The molecule has 0 aliphatic carbocycles. The van der Waals surface area contributed by atoms with Gasteiger partial charge in [0.1, 0.15) is 6.33 Å². The van der Waals surface area contributed by atoms with Gasteiger partial charge in [-0.1, -0.05) is 24.3 Å². The molecule has 0 atom stereocenters. The van der Waals surface area contributed by atoms with Crippen LogP contribution in [0, 0.1) is 0 Å². The zero-order chi connectivity index (χ0) is 12.8. The smallest absolute Gasteiger partial charge is 0.116 e. The van der Waals surface area contributed by atoms with Gasteiger partial charge in [0, 0.05) is 22.7 Å². The third-order valence-corrected chi connectivity index (χ3v) is 3.52. The molecule has 0 unspecified atom stereocenters. The minimum absolute atomic E-state index is 0.756. The number of anilines is 1. The van der Waals surface area contributed by atoms with E-state index in [0.29, 0.717) is 0 Å². The first-order valence-electron chi connectivity index (χ1n) is 6.13. The van der Waals surface area contributed by atoms with Gasteiger partial charge in [0.05, 0.1) is 5.52 Å². The number of nitrogen functional groups attached to an aromatic ring is 1. The van der Waals surface area contributed by atoms with Crippen molar-refractivity contribution in [1.82, 2.24) is 9.97 Å². The van der Waals surface area contributed by atoms with Gasteiger partial charge in [-0.3, -0.25) is 0 Å². The summed E-state index contributed by atoms with van der Waals surface area (Å²) >= 11 is 0. The maximum Gasteiger partial charge on any atom is 0.116 e. The summed E-state index contributed by atoms with van der Waals surface area (Å²) in [6, 6.07) is 14.5. The average molecular weight is 245 g/mol. The van der Waals surface area contributed by atoms with E-state index >= 15 is 0 Å². The van der Waals surface area contributed by atoms with E-state index in [1.807, 2.05) is 24.4 Å². The lowest BCUT2D eigenvalue weighted by atomic mass is 9.99. The van der Waals surface area contributed by atoms with Crippen molar-refractivity contribution in [3.8, 4) is 0 Å². The number of benzene rings is 3. The molecule has 0 spiro atoms. The van der Waals surface area contributed by atoms with Crippen LogP contribution in [0.1, 0.15) is 0 Å².